The lowest BCUT2D eigenvalue weighted by Gasteiger charge is -2.49. The molecule has 7 heteroatoms. The highest BCUT2D eigenvalue weighted by Gasteiger charge is 2.55. The zero-order valence-corrected chi connectivity index (χ0v) is 23.8. The number of amides is 1. The minimum absolute atomic E-state index is 0.123. The number of ether oxygens (including phenoxy) is 3. The van der Waals surface area contributed by atoms with Gasteiger partial charge in [-0.25, -0.2) is 4.79 Å². The van der Waals surface area contributed by atoms with Crippen molar-refractivity contribution in [2.45, 2.75) is 57.3 Å². The molecule has 0 bridgehead atoms. The molecule has 0 aliphatic heterocycles. The number of esters is 1. The molecule has 1 saturated carbocycles. The second-order valence-corrected chi connectivity index (χ2v) is 12.3. The number of anilines is 1. The minimum atomic E-state index is -0.342. The highest BCUT2D eigenvalue weighted by Crippen LogP contribution is 2.63. The van der Waals surface area contributed by atoms with E-state index in [1.54, 1.807) is 49.8 Å². The quantitative estimate of drug-likeness (QED) is 0.346. The molecule has 0 saturated heterocycles. The molecular formula is C32H35NO5S. The summed E-state index contributed by atoms with van der Waals surface area (Å²) in [4.78, 5) is 27.8. The van der Waals surface area contributed by atoms with Crippen LogP contribution in [0.3, 0.4) is 0 Å². The lowest BCUT2D eigenvalue weighted by atomic mass is 9.54. The predicted molar refractivity (Wildman–Crippen MR) is 153 cm³/mol. The molecule has 6 nitrogen and oxygen atoms in total. The van der Waals surface area contributed by atoms with Gasteiger partial charge in [-0.05, 0) is 115 Å². The van der Waals surface area contributed by atoms with Crippen molar-refractivity contribution in [3.8, 4) is 11.5 Å². The SMILES string of the molecule is CCOC(=O)c1c(NC(=O)c2ccc(OC)cc2)sc2c1[C@]1(C)CC[C@@H]3c4ccc(OC)cc4CC[C@H]3[C@H]1C2. The van der Waals surface area contributed by atoms with Crippen molar-refractivity contribution in [3.05, 3.63) is 75.2 Å². The maximum atomic E-state index is 13.4. The first-order valence-corrected chi connectivity index (χ1v) is 14.6. The van der Waals surface area contributed by atoms with Gasteiger partial charge in [-0.2, -0.15) is 0 Å². The van der Waals surface area contributed by atoms with E-state index in [4.69, 9.17) is 14.2 Å². The van der Waals surface area contributed by atoms with Crippen LogP contribution in [0, 0.1) is 11.8 Å². The molecule has 0 unspecified atom stereocenters. The first-order valence-electron chi connectivity index (χ1n) is 13.8. The number of carbonyl (C=O) groups is 2. The van der Waals surface area contributed by atoms with Gasteiger partial charge in [0.2, 0.25) is 0 Å². The lowest BCUT2D eigenvalue weighted by molar-refractivity contribution is 0.0519. The summed E-state index contributed by atoms with van der Waals surface area (Å²) in [6.07, 6.45) is 5.24. The Bertz CT molecular complexity index is 1430. The number of benzene rings is 2. The van der Waals surface area contributed by atoms with Gasteiger partial charge in [-0.15, -0.1) is 11.3 Å². The Hall–Kier alpha value is -3.32. The van der Waals surface area contributed by atoms with E-state index in [1.165, 1.54) is 16.0 Å². The summed E-state index contributed by atoms with van der Waals surface area (Å²) >= 11 is 1.55. The first kappa shape index (κ1) is 25.9. The van der Waals surface area contributed by atoms with Gasteiger partial charge in [0.15, 0.2) is 0 Å². The Balaban J connectivity index is 1.33. The minimum Gasteiger partial charge on any atom is -0.497 e. The maximum absolute atomic E-state index is 13.4. The second-order valence-electron chi connectivity index (χ2n) is 11.1. The zero-order valence-electron chi connectivity index (χ0n) is 23.0. The van der Waals surface area contributed by atoms with Crippen LogP contribution in [0.4, 0.5) is 5.00 Å². The smallest absolute Gasteiger partial charge is 0.341 e. The van der Waals surface area contributed by atoms with Crippen molar-refractivity contribution >= 4 is 28.2 Å². The molecule has 3 aliphatic carbocycles. The number of methoxy groups -OCH3 is 2. The fourth-order valence-electron chi connectivity index (χ4n) is 7.52. The largest absolute Gasteiger partial charge is 0.497 e. The molecule has 1 fully saturated rings. The first-order chi connectivity index (χ1) is 18.9. The van der Waals surface area contributed by atoms with E-state index >= 15 is 0 Å². The highest BCUT2D eigenvalue weighted by molar-refractivity contribution is 7.17. The molecule has 0 spiro atoms. The molecule has 1 aromatic heterocycles. The van der Waals surface area contributed by atoms with Crippen molar-refractivity contribution < 1.29 is 23.8 Å². The topological polar surface area (TPSA) is 73.9 Å². The third kappa shape index (κ3) is 4.22. The van der Waals surface area contributed by atoms with E-state index in [2.05, 4.69) is 30.4 Å². The number of fused-ring (bicyclic) bond motifs is 7. The van der Waals surface area contributed by atoms with E-state index < -0.39 is 0 Å². The van der Waals surface area contributed by atoms with Gasteiger partial charge in [-0.3, -0.25) is 4.79 Å². The van der Waals surface area contributed by atoms with Gasteiger partial charge in [0.1, 0.15) is 16.5 Å². The normalized spacial score (nSPS) is 24.6. The number of hydrogen-bond acceptors (Lipinski definition) is 6. The highest BCUT2D eigenvalue weighted by atomic mass is 32.1. The Kier molecular flexibility index (Phi) is 6.66. The standard InChI is InChI=1S/C32H35NO5S/c1-5-38-31(35)27-28-26(39-30(27)33-29(34)18-6-9-20(36-3)10-7-18)17-25-24-12-8-19-16-21(37-4)11-13-22(19)23(24)14-15-32(25,28)2/h6-7,9-11,13,16,23-25H,5,8,12,14-15,17H2,1-4H3,(H,33,34)/t23-,24-,25-,32-/m1/s1. The molecule has 1 heterocycles. The lowest BCUT2D eigenvalue weighted by Crippen LogP contribution is -2.43. The number of thiophene rings is 1. The molecule has 2 aromatic carbocycles. The Morgan fingerprint density at radius 3 is 2.51 bits per heavy atom. The summed E-state index contributed by atoms with van der Waals surface area (Å²) in [5, 5.41) is 3.65. The molecule has 1 amide bonds. The van der Waals surface area contributed by atoms with Crippen molar-refractivity contribution in [3.63, 3.8) is 0 Å². The summed E-state index contributed by atoms with van der Waals surface area (Å²) < 4.78 is 16.3. The second kappa shape index (κ2) is 10.0. The Morgan fingerprint density at radius 1 is 1.05 bits per heavy atom. The number of rotatable bonds is 6. The van der Waals surface area contributed by atoms with Gasteiger partial charge in [-0.1, -0.05) is 13.0 Å². The van der Waals surface area contributed by atoms with Crippen molar-refractivity contribution in [2.24, 2.45) is 11.8 Å². The average molecular weight is 546 g/mol. The molecule has 39 heavy (non-hydrogen) atoms. The number of hydrogen-bond donors (Lipinski definition) is 1. The third-order valence-corrected chi connectivity index (χ3v) is 10.5. The summed E-state index contributed by atoms with van der Waals surface area (Å²) in [6.45, 7) is 4.46. The molecule has 204 valence electrons. The molecule has 4 atom stereocenters. The van der Waals surface area contributed by atoms with Crippen LogP contribution >= 0.6 is 11.3 Å². The van der Waals surface area contributed by atoms with Crippen molar-refractivity contribution in [1.82, 2.24) is 0 Å². The van der Waals surface area contributed by atoms with E-state index in [0.29, 0.717) is 46.2 Å². The molecular weight excluding hydrogens is 510 g/mol. The average Bonchev–Trinajstić information content (AvgIpc) is 3.46. The van der Waals surface area contributed by atoms with Gasteiger partial charge < -0.3 is 19.5 Å². The van der Waals surface area contributed by atoms with Crippen LogP contribution in [0.1, 0.15) is 81.3 Å². The van der Waals surface area contributed by atoms with E-state index in [0.717, 1.165) is 43.4 Å². The van der Waals surface area contributed by atoms with Crippen LogP contribution in [0.2, 0.25) is 0 Å². The molecule has 6 rings (SSSR count). The molecule has 1 N–H and O–H groups in total. The predicted octanol–water partition coefficient (Wildman–Crippen LogP) is 6.76. The fraction of sp³-hybridized carbons (Fsp3) is 0.438. The van der Waals surface area contributed by atoms with Crippen molar-refractivity contribution in [2.75, 3.05) is 26.1 Å². The van der Waals surface area contributed by atoms with Crippen LogP contribution in [0.5, 0.6) is 11.5 Å². The van der Waals surface area contributed by atoms with E-state index in [9.17, 15) is 9.59 Å². The van der Waals surface area contributed by atoms with Crippen LogP contribution in [-0.2, 0) is 23.0 Å². The maximum Gasteiger partial charge on any atom is 0.341 e. The summed E-state index contributed by atoms with van der Waals surface area (Å²) in [5.41, 5.74) is 4.96. The molecule has 0 radical (unpaired) electrons. The number of aryl methyl sites for hydroxylation is 1. The van der Waals surface area contributed by atoms with Gasteiger partial charge in [0, 0.05) is 10.4 Å². The van der Waals surface area contributed by atoms with E-state index in [-0.39, 0.29) is 17.3 Å². The summed E-state index contributed by atoms with van der Waals surface area (Å²) in [6, 6.07) is 13.6. The van der Waals surface area contributed by atoms with Crippen LogP contribution in [0.25, 0.3) is 0 Å². The Morgan fingerprint density at radius 2 is 1.79 bits per heavy atom. The van der Waals surface area contributed by atoms with Gasteiger partial charge >= 0.3 is 5.97 Å². The summed E-state index contributed by atoms with van der Waals surface area (Å²) in [5.74, 6) is 2.60. The number of carbonyl (C=O) groups excluding carboxylic acids is 2. The van der Waals surface area contributed by atoms with Crippen LogP contribution < -0.4 is 14.8 Å². The van der Waals surface area contributed by atoms with Crippen molar-refractivity contribution in [1.29, 1.82) is 0 Å². The fourth-order valence-corrected chi connectivity index (χ4v) is 8.90. The molecule has 3 aliphatic rings. The summed E-state index contributed by atoms with van der Waals surface area (Å²) in [7, 11) is 3.32. The van der Waals surface area contributed by atoms with Crippen LogP contribution in [-0.4, -0.2) is 32.7 Å². The van der Waals surface area contributed by atoms with E-state index in [1.807, 2.05) is 6.92 Å². The third-order valence-electron chi connectivity index (χ3n) is 9.34. The van der Waals surface area contributed by atoms with Gasteiger partial charge in [0.25, 0.3) is 5.91 Å². The molecule has 3 aromatic rings. The van der Waals surface area contributed by atoms with Crippen LogP contribution in [0.15, 0.2) is 42.5 Å². The zero-order chi connectivity index (χ0) is 27.3. The monoisotopic (exact) mass is 545 g/mol. The van der Waals surface area contributed by atoms with Gasteiger partial charge in [0.05, 0.1) is 26.4 Å². The number of nitrogens with one attached hydrogen (secondary N) is 1. The Labute approximate surface area is 233 Å².